The average molecular weight is 246 g/mol. The van der Waals surface area contributed by atoms with Crippen LogP contribution < -0.4 is 0 Å². The van der Waals surface area contributed by atoms with Crippen LogP contribution in [-0.2, 0) is 4.74 Å². The van der Waals surface area contributed by atoms with E-state index in [1.54, 1.807) is 0 Å². The standard InChI is InChI=1S/C10H16BrNO/c11-7-9(8-12)3-1-4-10-5-2-6-13-10/h9-10H,1-7H2. The second kappa shape index (κ2) is 6.39. The SMILES string of the molecule is N#CC(CBr)CCCC1CCCO1. The molecule has 1 saturated heterocycles. The molecule has 0 aromatic heterocycles. The Labute approximate surface area is 88.4 Å². The Bertz CT molecular complexity index is 172. The van der Waals surface area contributed by atoms with E-state index in [0.717, 1.165) is 31.2 Å². The summed E-state index contributed by atoms with van der Waals surface area (Å²) in [5.74, 6) is 0.182. The van der Waals surface area contributed by atoms with Crippen molar-refractivity contribution in [2.45, 2.75) is 38.2 Å². The van der Waals surface area contributed by atoms with Crippen molar-refractivity contribution in [1.29, 1.82) is 5.26 Å². The molecule has 1 rings (SSSR count). The highest BCUT2D eigenvalue weighted by atomic mass is 79.9. The fraction of sp³-hybridized carbons (Fsp3) is 0.900. The first-order valence-electron chi connectivity index (χ1n) is 4.94. The first-order chi connectivity index (χ1) is 6.36. The Morgan fingerprint density at radius 2 is 2.46 bits per heavy atom. The van der Waals surface area contributed by atoms with E-state index in [0.29, 0.717) is 6.10 Å². The fourth-order valence-electron chi connectivity index (χ4n) is 1.64. The maximum absolute atomic E-state index is 8.71. The third-order valence-electron chi connectivity index (χ3n) is 2.47. The molecular formula is C10H16BrNO. The molecule has 0 aliphatic carbocycles. The van der Waals surface area contributed by atoms with Gasteiger partial charge in [0.2, 0.25) is 0 Å². The Morgan fingerprint density at radius 3 is 3.00 bits per heavy atom. The molecule has 0 bridgehead atoms. The molecule has 1 aliphatic rings. The van der Waals surface area contributed by atoms with Crippen LogP contribution in [0.3, 0.4) is 0 Å². The Kier molecular flexibility index (Phi) is 5.41. The lowest BCUT2D eigenvalue weighted by Gasteiger charge is -2.09. The van der Waals surface area contributed by atoms with Crippen LogP contribution in [0.5, 0.6) is 0 Å². The van der Waals surface area contributed by atoms with Gasteiger partial charge in [-0.3, -0.25) is 0 Å². The van der Waals surface area contributed by atoms with Crippen LogP contribution in [0.2, 0.25) is 0 Å². The summed E-state index contributed by atoms with van der Waals surface area (Å²) in [4.78, 5) is 0. The number of alkyl halides is 1. The van der Waals surface area contributed by atoms with E-state index in [2.05, 4.69) is 22.0 Å². The smallest absolute Gasteiger partial charge is 0.0664 e. The van der Waals surface area contributed by atoms with Gasteiger partial charge in [-0.05, 0) is 32.1 Å². The van der Waals surface area contributed by atoms with Crippen LogP contribution in [0.25, 0.3) is 0 Å². The lowest BCUT2D eigenvalue weighted by molar-refractivity contribution is 0.101. The average Bonchev–Trinajstić information content (AvgIpc) is 2.65. The highest BCUT2D eigenvalue weighted by molar-refractivity contribution is 9.09. The van der Waals surface area contributed by atoms with E-state index in [9.17, 15) is 0 Å². The van der Waals surface area contributed by atoms with Crippen molar-refractivity contribution in [3.05, 3.63) is 0 Å². The topological polar surface area (TPSA) is 33.0 Å². The second-order valence-electron chi connectivity index (χ2n) is 3.55. The molecule has 0 saturated carbocycles. The van der Waals surface area contributed by atoms with Gasteiger partial charge in [0.1, 0.15) is 0 Å². The summed E-state index contributed by atoms with van der Waals surface area (Å²) in [6.07, 6.45) is 6.16. The van der Waals surface area contributed by atoms with Crippen LogP contribution in [-0.4, -0.2) is 18.0 Å². The Morgan fingerprint density at radius 1 is 1.62 bits per heavy atom. The van der Waals surface area contributed by atoms with E-state index >= 15 is 0 Å². The highest BCUT2D eigenvalue weighted by Gasteiger charge is 2.15. The van der Waals surface area contributed by atoms with Crippen molar-refractivity contribution < 1.29 is 4.74 Å². The Balaban J connectivity index is 2.02. The number of hydrogen-bond donors (Lipinski definition) is 0. The van der Waals surface area contributed by atoms with E-state index in [4.69, 9.17) is 10.00 Å². The molecule has 0 radical (unpaired) electrons. The van der Waals surface area contributed by atoms with Gasteiger partial charge in [-0.25, -0.2) is 0 Å². The highest BCUT2D eigenvalue weighted by Crippen LogP contribution is 2.19. The van der Waals surface area contributed by atoms with Crippen LogP contribution in [0.1, 0.15) is 32.1 Å². The van der Waals surface area contributed by atoms with Gasteiger partial charge in [-0.15, -0.1) is 0 Å². The van der Waals surface area contributed by atoms with Gasteiger partial charge in [0.05, 0.1) is 18.1 Å². The lowest BCUT2D eigenvalue weighted by Crippen LogP contribution is -2.06. The van der Waals surface area contributed by atoms with Crippen LogP contribution in [0, 0.1) is 17.2 Å². The minimum absolute atomic E-state index is 0.182. The van der Waals surface area contributed by atoms with Gasteiger partial charge in [-0.2, -0.15) is 5.26 Å². The van der Waals surface area contributed by atoms with E-state index in [1.807, 2.05) is 0 Å². The van der Waals surface area contributed by atoms with Crippen LogP contribution >= 0.6 is 15.9 Å². The Hall–Kier alpha value is -0.0700. The molecule has 2 atom stereocenters. The number of hydrogen-bond acceptors (Lipinski definition) is 2. The zero-order chi connectivity index (χ0) is 9.52. The van der Waals surface area contributed by atoms with Crippen molar-refractivity contribution in [1.82, 2.24) is 0 Å². The molecule has 0 aromatic rings. The summed E-state index contributed by atoms with van der Waals surface area (Å²) in [5, 5.41) is 9.51. The number of nitriles is 1. The number of nitrogens with zero attached hydrogens (tertiary/aromatic N) is 1. The lowest BCUT2D eigenvalue weighted by atomic mass is 10.0. The quantitative estimate of drug-likeness (QED) is 0.699. The molecule has 74 valence electrons. The molecule has 2 nitrogen and oxygen atoms in total. The summed E-state index contributed by atoms with van der Waals surface area (Å²) in [5.41, 5.74) is 0. The van der Waals surface area contributed by atoms with E-state index in [1.165, 1.54) is 12.8 Å². The third kappa shape index (κ3) is 4.10. The summed E-state index contributed by atoms with van der Waals surface area (Å²) in [6.45, 7) is 0.935. The van der Waals surface area contributed by atoms with Crippen LogP contribution in [0.15, 0.2) is 0 Å². The first-order valence-corrected chi connectivity index (χ1v) is 6.06. The maximum atomic E-state index is 8.71. The van der Waals surface area contributed by atoms with Gasteiger partial charge in [0.15, 0.2) is 0 Å². The van der Waals surface area contributed by atoms with Crippen molar-refractivity contribution in [2.24, 2.45) is 5.92 Å². The van der Waals surface area contributed by atoms with Crippen molar-refractivity contribution >= 4 is 15.9 Å². The van der Waals surface area contributed by atoms with E-state index < -0.39 is 0 Å². The maximum Gasteiger partial charge on any atom is 0.0664 e. The molecule has 0 N–H and O–H groups in total. The fourth-order valence-corrected chi connectivity index (χ4v) is 2.11. The molecule has 0 aromatic carbocycles. The largest absolute Gasteiger partial charge is 0.378 e. The minimum atomic E-state index is 0.182. The number of rotatable bonds is 5. The van der Waals surface area contributed by atoms with E-state index in [-0.39, 0.29) is 5.92 Å². The monoisotopic (exact) mass is 245 g/mol. The van der Waals surface area contributed by atoms with Gasteiger partial charge in [0.25, 0.3) is 0 Å². The zero-order valence-corrected chi connectivity index (χ0v) is 9.42. The van der Waals surface area contributed by atoms with Gasteiger partial charge < -0.3 is 4.74 Å². The third-order valence-corrected chi connectivity index (χ3v) is 3.25. The molecule has 1 fully saturated rings. The molecule has 13 heavy (non-hydrogen) atoms. The predicted molar refractivity (Wildman–Crippen MR) is 55.7 cm³/mol. The predicted octanol–water partition coefficient (Wildman–Crippen LogP) is 2.87. The summed E-state index contributed by atoms with van der Waals surface area (Å²) >= 11 is 3.34. The molecule has 3 heteroatoms. The minimum Gasteiger partial charge on any atom is -0.378 e. The summed E-state index contributed by atoms with van der Waals surface area (Å²) in [7, 11) is 0. The molecule has 1 heterocycles. The zero-order valence-electron chi connectivity index (χ0n) is 7.84. The number of ether oxygens (including phenoxy) is 1. The second-order valence-corrected chi connectivity index (χ2v) is 4.19. The van der Waals surface area contributed by atoms with Gasteiger partial charge in [-0.1, -0.05) is 15.9 Å². The van der Waals surface area contributed by atoms with Gasteiger partial charge >= 0.3 is 0 Å². The molecular weight excluding hydrogens is 230 g/mol. The van der Waals surface area contributed by atoms with Crippen molar-refractivity contribution in [2.75, 3.05) is 11.9 Å². The normalized spacial score (nSPS) is 24.2. The first kappa shape index (κ1) is 11.0. The summed E-state index contributed by atoms with van der Waals surface area (Å²) < 4.78 is 5.51. The van der Waals surface area contributed by atoms with Crippen molar-refractivity contribution in [3.8, 4) is 6.07 Å². The molecule has 0 spiro atoms. The summed E-state index contributed by atoms with van der Waals surface area (Å²) in [6, 6.07) is 2.29. The van der Waals surface area contributed by atoms with Crippen molar-refractivity contribution in [3.63, 3.8) is 0 Å². The van der Waals surface area contributed by atoms with Gasteiger partial charge in [0, 0.05) is 11.9 Å². The van der Waals surface area contributed by atoms with Crippen LogP contribution in [0.4, 0.5) is 0 Å². The molecule has 0 amide bonds. The number of halogens is 1. The molecule has 1 aliphatic heterocycles. The molecule has 2 unspecified atom stereocenters.